The Balaban J connectivity index is 1.72. The summed E-state index contributed by atoms with van der Waals surface area (Å²) in [6, 6.07) is 19.8. The average molecular weight is 415 g/mol. The van der Waals surface area contributed by atoms with Gasteiger partial charge in [0.25, 0.3) is 0 Å². The molecule has 0 amide bonds. The fourth-order valence-electron chi connectivity index (χ4n) is 3.07. The lowest BCUT2D eigenvalue weighted by molar-refractivity contribution is 0.199. The van der Waals surface area contributed by atoms with Crippen molar-refractivity contribution in [3.05, 3.63) is 93.0 Å². The van der Waals surface area contributed by atoms with E-state index >= 15 is 0 Å². The predicted molar refractivity (Wildman–Crippen MR) is 117 cm³/mol. The molecule has 0 aromatic heterocycles. The second-order valence-corrected chi connectivity index (χ2v) is 7.71. The third-order valence-electron chi connectivity index (χ3n) is 4.59. The first-order valence-electron chi connectivity index (χ1n) is 9.37. The second kappa shape index (κ2) is 9.36. The highest BCUT2D eigenvalue weighted by atomic mass is 35.5. The van der Waals surface area contributed by atoms with Crippen molar-refractivity contribution in [2.45, 2.75) is 39.9 Å². The van der Waals surface area contributed by atoms with Crippen LogP contribution in [-0.2, 0) is 6.61 Å². The maximum atomic E-state index is 6.29. The van der Waals surface area contributed by atoms with Crippen molar-refractivity contribution in [2.75, 3.05) is 0 Å². The minimum Gasteiger partial charge on any atom is -0.489 e. The molecule has 0 fully saturated rings. The smallest absolute Gasteiger partial charge is 0.124 e. The number of hydrogen-bond acceptors (Lipinski definition) is 2. The minimum absolute atomic E-state index is 0.0325. The fourth-order valence-corrected chi connectivity index (χ4v) is 3.39. The summed E-state index contributed by atoms with van der Waals surface area (Å²) in [5.41, 5.74) is 4.44. The third-order valence-corrected chi connectivity index (χ3v) is 5.33. The molecule has 0 N–H and O–H groups in total. The van der Waals surface area contributed by atoms with Crippen LogP contribution in [0.1, 0.15) is 41.7 Å². The summed E-state index contributed by atoms with van der Waals surface area (Å²) in [7, 11) is 0. The third kappa shape index (κ3) is 5.21. The van der Waals surface area contributed by atoms with E-state index in [2.05, 4.69) is 39.0 Å². The van der Waals surface area contributed by atoms with Gasteiger partial charge in [0.15, 0.2) is 0 Å². The molecule has 0 heterocycles. The molecule has 1 atom stereocenters. The topological polar surface area (TPSA) is 18.5 Å². The molecule has 0 radical (unpaired) electrons. The van der Waals surface area contributed by atoms with E-state index < -0.39 is 0 Å². The number of benzene rings is 3. The molecule has 0 aliphatic carbocycles. The Hall–Kier alpha value is -2.16. The number of rotatable bonds is 7. The van der Waals surface area contributed by atoms with E-state index in [9.17, 15) is 0 Å². The van der Waals surface area contributed by atoms with Crippen molar-refractivity contribution in [1.29, 1.82) is 0 Å². The molecule has 3 aromatic carbocycles. The van der Waals surface area contributed by atoms with Gasteiger partial charge in [0.05, 0.1) is 10.0 Å². The van der Waals surface area contributed by atoms with Crippen LogP contribution >= 0.6 is 23.2 Å². The standard InChI is InChI=1S/C24H24Cl2O2/c1-4-23(28-24-11-8-16(2)12-17(24)3)19-6-5-7-20(14-19)27-15-18-9-10-21(25)22(26)13-18/h5-14,23H,4,15H2,1-3H3/t23-/m1/s1. The van der Waals surface area contributed by atoms with Crippen LogP contribution in [0, 0.1) is 13.8 Å². The maximum Gasteiger partial charge on any atom is 0.124 e. The number of aryl methyl sites for hydroxylation is 2. The maximum absolute atomic E-state index is 6.29. The highest BCUT2D eigenvalue weighted by Crippen LogP contribution is 2.30. The SMILES string of the molecule is CC[C@@H](Oc1ccc(C)cc1C)c1cccc(OCc2ccc(Cl)c(Cl)c2)c1. The zero-order chi connectivity index (χ0) is 20.1. The van der Waals surface area contributed by atoms with Crippen LogP contribution < -0.4 is 9.47 Å². The van der Waals surface area contributed by atoms with Crippen molar-refractivity contribution >= 4 is 23.2 Å². The zero-order valence-electron chi connectivity index (χ0n) is 16.3. The zero-order valence-corrected chi connectivity index (χ0v) is 17.8. The van der Waals surface area contributed by atoms with Gasteiger partial charge in [-0.05, 0) is 67.3 Å². The van der Waals surface area contributed by atoms with Gasteiger partial charge < -0.3 is 9.47 Å². The van der Waals surface area contributed by atoms with Crippen LogP contribution in [0.25, 0.3) is 0 Å². The van der Waals surface area contributed by atoms with Gasteiger partial charge in [-0.15, -0.1) is 0 Å². The van der Waals surface area contributed by atoms with E-state index in [4.69, 9.17) is 32.7 Å². The lowest BCUT2D eigenvalue weighted by Gasteiger charge is -2.20. The highest BCUT2D eigenvalue weighted by molar-refractivity contribution is 6.42. The first-order valence-corrected chi connectivity index (χ1v) is 10.1. The van der Waals surface area contributed by atoms with Crippen LogP contribution in [0.4, 0.5) is 0 Å². The summed E-state index contributed by atoms with van der Waals surface area (Å²) < 4.78 is 12.2. The molecule has 0 bridgehead atoms. The van der Waals surface area contributed by atoms with Gasteiger partial charge in [-0.1, -0.05) is 66.0 Å². The summed E-state index contributed by atoms with van der Waals surface area (Å²) >= 11 is 12.0. The average Bonchev–Trinajstić information content (AvgIpc) is 2.68. The molecule has 146 valence electrons. The van der Waals surface area contributed by atoms with Gasteiger partial charge >= 0.3 is 0 Å². The quantitative estimate of drug-likeness (QED) is 0.393. The second-order valence-electron chi connectivity index (χ2n) is 6.89. The Labute approximate surface area is 177 Å². The first kappa shape index (κ1) is 20.6. The summed E-state index contributed by atoms with van der Waals surface area (Å²) in [5.74, 6) is 1.71. The van der Waals surface area contributed by atoms with E-state index in [1.807, 2.05) is 36.4 Å². The predicted octanol–water partition coefficient (Wildman–Crippen LogP) is 7.72. The Morgan fingerprint density at radius 3 is 2.43 bits per heavy atom. The van der Waals surface area contributed by atoms with E-state index in [-0.39, 0.29) is 6.10 Å². The van der Waals surface area contributed by atoms with Crippen molar-refractivity contribution < 1.29 is 9.47 Å². The number of hydrogen-bond donors (Lipinski definition) is 0. The molecule has 0 unspecified atom stereocenters. The number of halogens is 2. The number of ether oxygens (including phenoxy) is 2. The fraction of sp³-hybridized carbons (Fsp3) is 0.250. The molecular weight excluding hydrogens is 391 g/mol. The molecule has 2 nitrogen and oxygen atoms in total. The van der Waals surface area contributed by atoms with Crippen LogP contribution in [0.2, 0.25) is 10.0 Å². The van der Waals surface area contributed by atoms with Crippen molar-refractivity contribution in [3.8, 4) is 11.5 Å². The van der Waals surface area contributed by atoms with Crippen LogP contribution in [0.5, 0.6) is 11.5 Å². The van der Waals surface area contributed by atoms with Gasteiger partial charge in [0.1, 0.15) is 24.2 Å². The monoisotopic (exact) mass is 414 g/mol. The molecule has 0 aliphatic rings. The molecule has 3 rings (SSSR count). The van der Waals surface area contributed by atoms with E-state index in [0.717, 1.165) is 34.6 Å². The summed E-state index contributed by atoms with van der Waals surface area (Å²) in [4.78, 5) is 0. The summed E-state index contributed by atoms with van der Waals surface area (Å²) in [6.45, 7) is 6.71. The van der Waals surface area contributed by atoms with E-state index in [0.29, 0.717) is 16.7 Å². The Kier molecular flexibility index (Phi) is 6.88. The summed E-state index contributed by atoms with van der Waals surface area (Å²) in [6.07, 6.45) is 0.832. The van der Waals surface area contributed by atoms with Gasteiger partial charge in [-0.3, -0.25) is 0 Å². The van der Waals surface area contributed by atoms with E-state index in [1.165, 1.54) is 5.56 Å². The van der Waals surface area contributed by atoms with Gasteiger partial charge in [0, 0.05) is 0 Å². The Bertz CT molecular complexity index is 953. The molecular formula is C24H24Cl2O2. The lowest BCUT2D eigenvalue weighted by Crippen LogP contribution is -2.08. The molecule has 0 saturated carbocycles. The van der Waals surface area contributed by atoms with Crippen molar-refractivity contribution in [2.24, 2.45) is 0 Å². The molecule has 3 aromatic rings. The van der Waals surface area contributed by atoms with Gasteiger partial charge in [-0.25, -0.2) is 0 Å². The summed E-state index contributed by atoms with van der Waals surface area (Å²) in [5, 5.41) is 1.08. The molecule has 0 saturated heterocycles. The first-order chi connectivity index (χ1) is 13.5. The Morgan fingerprint density at radius 2 is 1.71 bits per heavy atom. The van der Waals surface area contributed by atoms with Crippen LogP contribution in [-0.4, -0.2) is 0 Å². The molecule has 28 heavy (non-hydrogen) atoms. The highest BCUT2D eigenvalue weighted by Gasteiger charge is 2.14. The molecule has 4 heteroatoms. The van der Waals surface area contributed by atoms with Gasteiger partial charge in [0.2, 0.25) is 0 Å². The molecule has 0 spiro atoms. The molecule has 0 aliphatic heterocycles. The largest absolute Gasteiger partial charge is 0.489 e. The van der Waals surface area contributed by atoms with Gasteiger partial charge in [-0.2, -0.15) is 0 Å². The van der Waals surface area contributed by atoms with Crippen molar-refractivity contribution in [3.63, 3.8) is 0 Å². The lowest BCUT2D eigenvalue weighted by atomic mass is 10.1. The van der Waals surface area contributed by atoms with Crippen molar-refractivity contribution in [1.82, 2.24) is 0 Å². The Morgan fingerprint density at radius 1 is 0.893 bits per heavy atom. The minimum atomic E-state index is -0.0325. The van der Waals surface area contributed by atoms with Crippen LogP contribution in [0.15, 0.2) is 60.7 Å². The van der Waals surface area contributed by atoms with Crippen LogP contribution in [0.3, 0.4) is 0 Å². The normalized spacial score (nSPS) is 11.9. The van der Waals surface area contributed by atoms with E-state index in [1.54, 1.807) is 6.07 Å².